The van der Waals surface area contributed by atoms with Crippen LogP contribution in [0.3, 0.4) is 0 Å². The second-order valence-electron chi connectivity index (χ2n) is 5.39. The fourth-order valence-corrected chi connectivity index (χ4v) is 3.85. The highest BCUT2D eigenvalue weighted by Gasteiger charge is 2.35. The summed E-state index contributed by atoms with van der Waals surface area (Å²) in [6.45, 7) is 3.28. The minimum absolute atomic E-state index is 0.337. The lowest BCUT2D eigenvalue weighted by atomic mass is 10.0. The van der Waals surface area contributed by atoms with Gasteiger partial charge in [-0.05, 0) is 55.2 Å². The van der Waals surface area contributed by atoms with E-state index < -0.39 is 0 Å². The molecule has 1 aromatic heterocycles. The van der Waals surface area contributed by atoms with Gasteiger partial charge in [0.2, 0.25) is 0 Å². The van der Waals surface area contributed by atoms with E-state index in [0.29, 0.717) is 18.2 Å². The molecule has 1 N–H and O–H groups in total. The number of likely N-dealkylation sites (N-methyl/N-ethyl adjacent to an activating group) is 1. The van der Waals surface area contributed by atoms with E-state index >= 15 is 0 Å². The van der Waals surface area contributed by atoms with Gasteiger partial charge in [0.05, 0.1) is 12.7 Å². The van der Waals surface area contributed by atoms with Gasteiger partial charge in [0.25, 0.3) is 0 Å². The Balaban J connectivity index is 1.61. The molecule has 0 amide bonds. The molecule has 3 unspecified atom stereocenters. The normalized spacial score (nSPS) is 30.3. The van der Waals surface area contributed by atoms with E-state index in [2.05, 4.69) is 34.1 Å². The van der Waals surface area contributed by atoms with E-state index in [0.717, 1.165) is 19.6 Å². The summed E-state index contributed by atoms with van der Waals surface area (Å²) < 4.78 is 6.09. The summed E-state index contributed by atoms with van der Waals surface area (Å²) in [5.41, 5.74) is 1.42. The first-order chi connectivity index (χ1) is 8.86. The molecule has 2 aliphatic rings. The van der Waals surface area contributed by atoms with Gasteiger partial charge < -0.3 is 10.1 Å². The predicted octanol–water partition coefficient (Wildman–Crippen LogP) is 1.74. The lowest BCUT2D eigenvalue weighted by Gasteiger charge is -2.38. The van der Waals surface area contributed by atoms with Crippen molar-refractivity contribution in [3.63, 3.8) is 0 Å². The second kappa shape index (κ2) is 5.70. The van der Waals surface area contributed by atoms with E-state index in [4.69, 9.17) is 4.74 Å². The number of nitrogens with zero attached hydrogens (tertiary/aromatic N) is 1. The molecule has 2 saturated heterocycles. The fourth-order valence-electron chi connectivity index (χ4n) is 3.17. The molecule has 100 valence electrons. The lowest BCUT2D eigenvalue weighted by Crippen LogP contribution is -2.54. The summed E-state index contributed by atoms with van der Waals surface area (Å²) in [7, 11) is 2.05. The number of morpholine rings is 1. The molecular weight excluding hydrogens is 244 g/mol. The topological polar surface area (TPSA) is 24.5 Å². The Kier molecular flexibility index (Phi) is 3.99. The Labute approximate surface area is 113 Å². The molecular formula is C14H22N2OS. The molecule has 18 heavy (non-hydrogen) atoms. The van der Waals surface area contributed by atoms with Crippen LogP contribution in [0.15, 0.2) is 16.8 Å². The molecule has 3 rings (SSSR count). The van der Waals surface area contributed by atoms with Crippen molar-refractivity contribution in [2.24, 2.45) is 0 Å². The smallest absolute Gasteiger partial charge is 0.0858 e. The number of thiophene rings is 1. The van der Waals surface area contributed by atoms with Crippen LogP contribution < -0.4 is 5.32 Å². The molecule has 0 aromatic carbocycles. The van der Waals surface area contributed by atoms with Crippen LogP contribution in [0.1, 0.15) is 18.4 Å². The molecule has 0 spiro atoms. The summed E-state index contributed by atoms with van der Waals surface area (Å²) >= 11 is 1.78. The highest BCUT2D eigenvalue weighted by Crippen LogP contribution is 2.24. The maximum Gasteiger partial charge on any atom is 0.0858 e. The van der Waals surface area contributed by atoms with E-state index in [1.807, 2.05) is 0 Å². The summed E-state index contributed by atoms with van der Waals surface area (Å²) in [6.07, 6.45) is 4.07. The molecule has 3 atom stereocenters. The summed E-state index contributed by atoms with van der Waals surface area (Å²) in [4.78, 5) is 2.62. The number of nitrogens with one attached hydrogen (secondary N) is 1. The zero-order valence-corrected chi connectivity index (χ0v) is 11.8. The van der Waals surface area contributed by atoms with Crippen molar-refractivity contribution in [3.05, 3.63) is 22.4 Å². The van der Waals surface area contributed by atoms with Crippen molar-refractivity contribution in [1.29, 1.82) is 0 Å². The van der Waals surface area contributed by atoms with Crippen LogP contribution >= 0.6 is 11.3 Å². The molecule has 0 radical (unpaired) electrons. The molecule has 3 nitrogen and oxygen atoms in total. The number of hydrogen-bond acceptors (Lipinski definition) is 4. The second-order valence-corrected chi connectivity index (χ2v) is 6.17. The van der Waals surface area contributed by atoms with Gasteiger partial charge in [-0.1, -0.05) is 0 Å². The van der Waals surface area contributed by atoms with Crippen LogP contribution in [0.2, 0.25) is 0 Å². The first kappa shape index (κ1) is 12.6. The van der Waals surface area contributed by atoms with E-state index in [-0.39, 0.29) is 0 Å². The molecule has 2 aliphatic heterocycles. The Morgan fingerprint density at radius 3 is 3.33 bits per heavy atom. The van der Waals surface area contributed by atoms with Gasteiger partial charge in [-0.25, -0.2) is 0 Å². The average Bonchev–Trinajstić information content (AvgIpc) is 3.06. The Bertz CT molecular complexity index is 368. The Morgan fingerprint density at radius 2 is 2.56 bits per heavy atom. The highest BCUT2D eigenvalue weighted by atomic mass is 32.1. The minimum Gasteiger partial charge on any atom is -0.374 e. The van der Waals surface area contributed by atoms with Crippen molar-refractivity contribution in [3.8, 4) is 0 Å². The minimum atomic E-state index is 0.337. The predicted molar refractivity (Wildman–Crippen MR) is 75.2 cm³/mol. The van der Waals surface area contributed by atoms with Crippen LogP contribution in [0, 0.1) is 0 Å². The van der Waals surface area contributed by atoms with Crippen molar-refractivity contribution in [1.82, 2.24) is 10.2 Å². The van der Waals surface area contributed by atoms with E-state index in [1.54, 1.807) is 11.3 Å². The monoisotopic (exact) mass is 266 g/mol. The summed E-state index contributed by atoms with van der Waals surface area (Å²) in [6, 6.07) is 3.34. The van der Waals surface area contributed by atoms with Crippen LogP contribution in [-0.2, 0) is 11.2 Å². The molecule has 4 heteroatoms. The first-order valence-electron chi connectivity index (χ1n) is 6.91. The number of rotatable bonds is 4. The Hall–Kier alpha value is -0.420. The first-order valence-corrected chi connectivity index (χ1v) is 7.85. The third-order valence-electron chi connectivity index (χ3n) is 4.27. The van der Waals surface area contributed by atoms with Gasteiger partial charge in [-0.15, -0.1) is 0 Å². The van der Waals surface area contributed by atoms with Crippen LogP contribution in [0.5, 0.6) is 0 Å². The largest absolute Gasteiger partial charge is 0.374 e. The van der Waals surface area contributed by atoms with Crippen molar-refractivity contribution < 1.29 is 4.74 Å². The molecule has 0 saturated carbocycles. The number of fused-ring (bicyclic) bond motifs is 1. The third kappa shape index (κ3) is 2.62. The quantitative estimate of drug-likeness (QED) is 0.898. The zero-order chi connectivity index (χ0) is 12.4. The summed E-state index contributed by atoms with van der Waals surface area (Å²) in [5.74, 6) is 0. The van der Waals surface area contributed by atoms with Gasteiger partial charge in [0.1, 0.15) is 0 Å². The Morgan fingerprint density at radius 1 is 1.61 bits per heavy atom. The average molecular weight is 266 g/mol. The van der Waals surface area contributed by atoms with Gasteiger partial charge in [-0.3, -0.25) is 4.90 Å². The van der Waals surface area contributed by atoms with Crippen LogP contribution in [0.25, 0.3) is 0 Å². The fraction of sp³-hybridized carbons (Fsp3) is 0.714. The molecule has 0 aliphatic carbocycles. The van der Waals surface area contributed by atoms with Gasteiger partial charge in [-0.2, -0.15) is 11.3 Å². The van der Waals surface area contributed by atoms with E-state index in [1.165, 1.54) is 24.9 Å². The maximum absolute atomic E-state index is 6.09. The molecule has 2 fully saturated rings. The third-order valence-corrected chi connectivity index (χ3v) is 5.00. The van der Waals surface area contributed by atoms with E-state index in [9.17, 15) is 0 Å². The maximum atomic E-state index is 6.09. The lowest BCUT2D eigenvalue weighted by molar-refractivity contribution is -0.0633. The number of ether oxygens (including phenoxy) is 1. The summed E-state index contributed by atoms with van der Waals surface area (Å²) in [5, 5.41) is 7.84. The molecule has 1 aromatic rings. The van der Waals surface area contributed by atoms with Crippen LogP contribution in [0.4, 0.5) is 0 Å². The van der Waals surface area contributed by atoms with Crippen molar-refractivity contribution >= 4 is 11.3 Å². The van der Waals surface area contributed by atoms with Crippen molar-refractivity contribution in [2.75, 3.05) is 26.7 Å². The van der Waals surface area contributed by atoms with Crippen LogP contribution in [-0.4, -0.2) is 49.8 Å². The van der Waals surface area contributed by atoms with Gasteiger partial charge in [0.15, 0.2) is 0 Å². The molecule has 0 bridgehead atoms. The standard InChI is InChI=1S/C14H22N2OS/c1-15-13(7-11-4-6-18-10-11)14-8-16-5-2-3-12(16)9-17-14/h4,6,10,12-15H,2-3,5,7-9H2,1H3. The molecule has 3 heterocycles. The zero-order valence-electron chi connectivity index (χ0n) is 11.0. The van der Waals surface area contributed by atoms with Gasteiger partial charge >= 0.3 is 0 Å². The number of hydrogen-bond donors (Lipinski definition) is 1. The van der Waals surface area contributed by atoms with Gasteiger partial charge in [0, 0.05) is 18.6 Å². The SMILES string of the molecule is CNC(Cc1ccsc1)C1CN2CCCC2CO1. The van der Waals surface area contributed by atoms with Crippen molar-refractivity contribution in [2.45, 2.75) is 37.5 Å². The highest BCUT2D eigenvalue weighted by molar-refractivity contribution is 7.07.